The minimum Gasteiger partial charge on any atom is -0.332 e. The van der Waals surface area contributed by atoms with Gasteiger partial charge in [0, 0.05) is 4.88 Å². The second-order valence-corrected chi connectivity index (χ2v) is 5.23. The van der Waals surface area contributed by atoms with Crippen LogP contribution in [0.3, 0.4) is 0 Å². The van der Waals surface area contributed by atoms with E-state index in [1.54, 1.807) is 6.07 Å². The first kappa shape index (κ1) is 13.3. The zero-order valence-electron chi connectivity index (χ0n) is 10.6. The summed E-state index contributed by atoms with van der Waals surface area (Å²) in [7, 11) is 0. The van der Waals surface area contributed by atoms with E-state index < -0.39 is 6.04 Å². The van der Waals surface area contributed by atoms with Crippen LogP contribution in [0, 0.1) is 11.3 Å². The number of nitrogens with one attached hydrogen (secondary N) is 1. The molecule has 1 amide bonds. The minimum atomic E-state index is -0.610. The van der Waals surface area contributed by atoms with Gasteiger partial charge in [-0.05, 0) is 24.1 Å². The quantitative estimate of drug-likeness (QED) is 0.926. The Morgan fingerprint density at radius 1 is 1.32 bits per heavy atom. The summed E-state index contributed by atoms with van der Waals surface area (Å²) in [6.45, 7) is 2.05. The topological polar surface area (TPSA) is 52.9 Å². The van der Waals surface area contributed by atoms with Crippen molar-refractivity contribution < 1.29 is 4.79 Å². The summed E-state index contributed by atoms with van der Waals surface area (Å²) in [6.07, 6.45) is 0.915. The van der Waals surface area contributed by atoms with Crippen LogP contribution in [0.15, 0.2) is 42.5 Å². The Hall–Kier alpha value is -2.12. The third kappa shape index (κ3) is 3.21. The molecule has 0 saturated heterocycles. The number of carbonyl (C=O) groups is 1. The molecule has 96 valence electrons. The predicted octanol–water partition coefficient (Wildman–Crippen LogP) is 3.31. The maximum absolute atomic E-state index is 12.1. The lowest BCUT2D eigenvalue weighted by molar-refractivity contribution is 0.0949. The summed E-state index contributed by atoms with van der Waals surface area (Å²) in [6, 6.07) is 14.5. The van der Waals surface area contributed by atoms with Crippen molar-refractivity contribution in [3.63, 3.8) is 0 Å². The van der Waals surface area contributed by atoms with Gasteiger partial charge in [-0.25, -0.2) is 0 Å². The molecule has 0 aliphatic rings. The number of benzene rings is 1. The minimum absolute atomic E-state index is 0.194. The highest BCUT2D eigenvalue weighted by Gasteiger charge is 2.16. The molecule has 0 aliphatic heterocycles. The van der Waals surface area contributed by atoms with Crippen LogP contribution in [0.1, 0.15) is 33.1 Å². The largest absolute Gasteiger partial charge is 0.332 e. The van der Waals surface area contributed by atoms with Crippen molar-refractivity contribution >= 4 is 17.2 Å². The molecule has 1 heterocycles. The SMILES string of the molecule is CCc1ccc(C(=O)NC(C#N)c2ccccc2)s1. The van der Waals surface area contributed by atoms with E-state index in [1.165, 1.54) is 16.2 Å². The van der Waals surface area contributed by atoms with E-state index in [1.807, 2.05) is 36.4 Å². The molecule has 4 heteroatoms. The molecular weight excluding hydrogens is 256 g/mol. The van der Waals surface area contributed by atoms with E-state index in [-0.39, 0.29) is 5.91 Å². The van der Waals surface area contributed by atoms with Gasteiger partial charge in [0.25, 0.3) is 5.91 Å². The van der Waals surface area contributed by atoms with E-state index in [0.29, 0.717) is 4.88 Å². The smallest absolute Gasteiger partial charge is 0.262 e. The molecule has 0 fully saturated rings. The molecular formula is C15H14N2OS. The third-order valence-electron chi connectivity index (χ3n) is 2.77. The van der Waals surface area contributed by atoms with Crippen LogP contribution in [0.2, 0.25) is 0 Å². The maximum atomic E-state index is 12.1. The van der Waals surface area contributed by atoms with E-state index >= 15 is 0 Å². The number of nitriles is 1. The number of amides is 1. The van der Waals surface area contributed by atoms with Gasteiger partial charge in [-0.1, -0.05) is 37.3 Å². The summed E-state index contributed by atoms with van der Waals surface area (Å²) in [4.78, 5) is 13.9. The van der Waals surface area contributed by atoms with Crippen LogP contribution in [-0.4, -0.2) is 5.91 Å². The molecule has 1 aromatic heterocycles. The second kappa shape index (κ2) is 6.17. The van der Waals surface area contributed by atoms with Gasteiger partial charge >= 0.3 is 0 Å². The highest BCUT2D eigenvalue weighted by Crippen LogP contribution is 2.18. The molecule has 1 unspecified atom stereocenters. The standard InChI is InChI=1S/C15H14N2OS/c1-2-12-8-9-14(19-12)15(18)17-13(10-16)11-6-4-3-5-7-11/h3-9,13H,2H2,1H3,(H,17,18). The van der Waals surface area contributed by atoms with Crippen LogP contribution in [-0.2, 0) is 6.42 Å². The monoisotopic (exact) mass is 270 g/mol. The fourth-order valence-electron chi connectivity index (χ4n) is 1.73. The molecule has 19 heavy (non-hydrogen) atoms. The Balaban J connectivity index is 2.11. The molecule has 2 aromatic rings. The van der Waals surface area contributed by atoms with Crippen molar-refractivity contribution in [1.82, 2.24) is 5.32 Å². The highest BCUT2D eigenvalue weighted by atomic mass is 32.1. The molecule has 0 bridgehead atoms. The number of hydrogen-bond donors (Lipinski definition) is 1. The number of thiophene rings is 1. The van der Waals surface area contributed by atoms with Crippen molar-refractivity contribution in [2.75, 3.05) is 0 Å². The third-order valence-corrected chi connectivity index (χ3v) is 4.00. The van der Waals surface area contributed by atoms with Crippen molar-refractivity contribution in [3.8, 4) is 6.07 Å². The summed E-state index contributed by atoms with van der Waals surface area (Å²) in [5, 5.41) is 11.9. The Bertz CT molecular complexity index is 598. The van der Waals surface area contributed by atoms with Gasteiger partial charge in [-0.15, -0.1) is 11.3 Å². The summed E-state index contributed by atoms with van der Waals surface area (Å²) >= 11 is 1.47. The van der Waals surface area contributed by atoms with Crippen LogP contribution >= 0.6 is 11.3 Å². The molecule has 0 aliphatic carbocycles. The lowest BCUT2D eigenvalue weighted by Crippen LogP contribution is -2.26. The van der Waals surface area contributed by atoms with Crippen molar-refractivity contribution in [1.29, 1.82) is 5.26 Å². The summed E-state index contributed by atoms with van der Waals surface area (Å²) in [5.41, 5.74) is 0.797. The fourth-order valence-corrected chi connectivity index (χ4v) is 2.58. The van der Waals surface area contributed by atoms with Gasteiger partial charge in [0.15, 0.2) is 0 Å². The van der Waals surface area contributed by atoms with Crippen molar-refractivity contribution in [3.05, 3.63) is 57.8 Å². The number of nitrogens with zero attached hydrogens (tertiary/aromatic N) is 1. The second-order valence-electron chi connectivity index (χ2n) is 4.07. The van der Waals surface area contributed by atoms with Crippen LogP contribution in [0.4, 0.5) is 0 Å². The predicted molar refractivity (Wildman–Crippen MR) is 76.0 cm³/mol. The van der Waals surface area contributed by atoms with Gasteiger partial charge in [0.05, 0.1) is 10.9 Å². The zero-order chi connectivity index (χ0) is 13.7. The number of rotatable bonds is 4. The van der Waals surface area contributed by atoms with Crippen LogP contribution in [0.25, 0.3) is 0 Å². The van der Waals surface area contributed by atoms with Crippen molar-refractivity contribution in [2.24, 2.45) is 0 Å². The molecule has 2 rings (SSSR count). The molecule has 0 radical (unpaired) electrons. The first-order chi connectivity index (χ1) is 9.24. The molecule has 0 saturated carbocycles. The lowest BCUT2D eigenvalue weighted by atomic mass is 10.1. The van der Waals surface area contributed by atoms with Gasteiger partial charge in [0.2, 0.25) is 0 Å². The first-order valence-electron chi connectivity index (χ1n) is 6.08. The number of carbonyl (C=O) groups excluding carboxylic acids is 1. The fraction of sp³-hybridized carbons (Fsp3) is 0.200. The van der Waals surface area contributed by atoms with Crippen molar-refractivity contribution in [2.45, 2.75) is 19.4 Å². The van der Waals surface area contributed by atoms with Gasteiger partial charge in [-0.2, -0.15) is 5.26 Å². The first-order valence-corrected chi connectivity index (χ1v) is 6.90. The Morgan fingerprint density at radius 2 is 2.05 bits per heavy atom. The molecule has 0 spiro atoms. The maximum Gasteiger partial charge on any atom is 0.262 e. The highest BCUT2D eigenvalue weighted by molar-refractivity contribution is 7.14. The normalized spacial score (nSPS) is 11.6. The van der Waals surface area contributed by atoms with E-state index in [2.05, 4.69) is 18.3 Å². The summed E-state index contributed by atoms with van der Waals surface area (Å²) in [5.74, 6) is -0.194. The van der Waals surface area contributed by atoms with Gasteiger partial charge < -0.3 is 5.32 Å². The lowest BCUT2D eigenvalue weighted by Gasteiger charge is -2.10. The molecule has 3 nitrogen and oxygen atoms in total. The van der Waals surface area contributed by atoms with E-state index in [9.17, 15) is 4.79 Å². The Labute approximate surface area is 116 Å². The molecule has 1 atom stereocenters. The van der Waals surface area contributed by atoms with E-state index in [0.717, 1.165) is 12.0 Å². The summed E-state index contributed by atoms with van der Waals surface area (Å²) < 4.78 is 0. The van der Waals surface area contributed by atoms with E-state index in [4.69, 9.17) is 5.26 Å². The zero-order valence-corrected chi connectivity index (χ0v) is 11.4. The number of hydrogen-bond acceptors (Lipinski definition) is 3. The molecule has 1 aromatic carbocycles. The average Bonchev–Trinajstić information content (AvgIpc) is 2.94. The average molecular weight is 270 g/mol. The molecule has 1 N–H and O–H groups in total. The van der Waals surface area contributed by atoms with Gasteiger partial charge in [-0.3, -0.25) is 4.79 Å². The Morgan fingerprint density at radius 3 is 2.63 bits per heavy atom. The van der Waals surface area contributed by atoms with Crippen LogP contribution < -0.4 is 5.32 Å². The Kier molecular flexibility index (Phi) is 4.32. The van der Waals surface area contributed by atoms with Crippen LogP contribution in [0.5, 0.6) is 0 Å². The number of aryl methyl sites for hydroxylation is 1. The van der Waals surface area contributed by atoms with Gasteiger partial charge in [0.1, 0.15) is 6.04 Å².